The molecule has 1 aromatic rings. The van der Waals surface area contributed by atoms with E-state index in [4.69, 9.17) is 9.47 Å². The molecule has 0 spiro atoms. The summed E-state index contributed by atoms with van der Waals surface area (Å²) in [6, 6.07) is 4.59. The number of sulfonamides is 1. The molecule has 0 radical (unpaired) electrons. The van der Waals surface area contributed by atoms with Crippen molar-refractivity contribution >= 4 is 10.0 Å². The number of benzene rings is 1. The van der Waals surface area contributed by atoms with Crippen molar-refractivity contribution in [2.75, 3.05) is 19.8 Å². The van der Waals surface area contributed by atoms with Gasteiger partial charge in [0.2, 0.25) is 10.0 Å². The first-order valence-corrected chi connectivity index (χ1v) is 7.46. The molecule has 0 aliphatic heterocycles. The lowest BCUT2D eigenvalue weighted by Gasteiger charge is -2.17. The monoisotopic (exact) mass is 291 g/mol. The van der Waals surface area contributed by atoms with Crippen LogP contribution in [0.15, 0.2) is 29.2 Å². The Bertz CT molecular complexity index is 469. The summed E-state index contributed by atoms with van der Waals surface area (Å²) in [5, 5.41) is 0. The Morgan fingerprint density at radius 1 is 1.16 bits per heavy atom. The molecule has 0 heterocycles. The Kier molecular flexibility index (Phi) is 6.36. The molecule has 0 aromatic heterocycles. The van der Waals surface area contributed by atoms with Gasteiger partial charge in [-0.25, -0.2) is 17.5 Å². The van der Waals surface area contributed by atoms with E-state index in [-0.39, 0.29) is 11.4 Å². The SMILES string of the molecule is CCOC(CNS(=O)(=O)c1ccc(F)cc1)OCC. The molecule has 0 aliphatic carbocycles. The van der Waals surface area contributed by atoms with Crippen molar-refractivity contribution in [3.63, 3.8) is 0 Å². The molecule has 0 saturated heterocycles. The molecule has 108 valence electrons. The minimum atomic E-state index is -3.69. The fourth-order valence-electron chi connectivity index (χ4n) is 1.41. The lowest BCUT2D eigenvalue weighted by molar-refractivity contribution is -0.130. The van der Waals surface area contributed by atoms with Gasteiger partial charge < -0.3 is 9.47 Å². The molecule has 0 fully saturated rings. The molecule has 19 heavy (non-hydrogen) atoms. The molecular formula is C12H18FNO4S. The van der Waals surface area contributed by atoms with Crippen LogP contribution < -0.4 is 4.72 Å². The Hall–Kier alpha value is -1.02. The summed E-state index contributed by atoms with van der Waals surface area (Å²) in [5.41, 5.74) is 0. The first-order chi connectivity index (χ1) is 8.99. The van der Waals surface area contributed by atoms with Gasteiger partial charge in [0.1, 0.15) is 5.82 Å². The fourth-order valence-corrected chi connectivity index (χ4v) is 2.43. The molecule has 1 N–H and O–H groups in total. The van der Waals surface area contributed by atoms with Gasteiger partial charge in [-0.05, 0) is 38.1 Å². The lowest BCUT2D eigenvalue weighted by atomic mass is 10.4. The molecule has 0 aliphatic rings. The van der Waals surface area contributed by atoms with E-state index in [9.17, 15) is 12.8 Å². The van der Waals surface area contributed by atoms with E-state index >= 15 is 0 Å². The molecule has 5 nitrogen and oxygen atoms in total. The summed E-state index contributed by atoms with van der Waals surface area (Å²) in [4.78, 5) is 0.000599. The molecule has 0 saturated carbocycles. The van der Waals surface area contributed by atoms with Gasteiger partial charge in [0.25, 0.3) is 0 Å². The van der Waals surface area contributed by atoms with Crippen LogP contribution in [0.25, 0.3) is 0 Å². The zero-order chi connectivity index (χ0) is 14.3. The summed E-state index contributed by atoms with van der Waals surface area (Å²) >= 11 is 0. The second-order valence-corrected chi connectivity index (χ2v) is 5.41. The van der Waals surface area contributed by atoms with Gasteiger partial charge >= 0.3 is 0 Å². The number of nitrogens with one attached hydrogen (secondary N) is 1. The van der Waals surface area contributed by atoms with Crippen LogP contribution in [-0.2, 0) is 19.5 Å². The van der Waals surface area contributed by atoms with Gasteiger partial charge in [0, 0.05) is 13.2 Å². The van der Waals surface area contributed by atoms with E-state index in [0.717, 1.165) is 12.1 Å². The van der Waals surface area contributed by atoms with Crippen molar-refractivity contribution in [2.24, 2.45) is 0 Å². The zero-order valence-corrected chi connectivity index (χ0v) is 11.7. The van der Waals surface area contributed by atoms with Crippen molar-refractivity contribution in [1.29, 1.82) is 0 Å². The van der Waals surface area contributed by atoms with Gasteiger partial charge in [0.15, 0.2) is 6.29 Å². The fraction of sp³-hybridized carbons (Fsp3) is 0.500. The number of hydrogen-bond donors (Lipinski definition) is 1. The number of ether oxygens (including phenoxy) is 2. The maximum atomic E-state index is 12.7. The summed E-state index contributed by atoms with van der Waals surface area (Å²) in [6.45, 7) is 4.42. The topological polar surface area (TPSA) is 64.6 Å². The first-order valence-electron chi connectivity index (χ1n) is 5.98. The maximum absolute atomic E-state index is 12.7. The Morgan fingerprint density at radius 3 is 2.16 bits per heavy atom. The van der Waals surface area contributed by atoms with Gasteiger partial charge in [-0.3, -0.25) is 0 Å². The maximum Gasteiger partial charge on any atom is 0.240 e. The van der Waals surface area contributed by atoms with E-state index < -0.39 is 22.1 Å². The van der Waals surface area contributed by atoms with Crippen molar-refractivity contribution in [2.45, 2.75) is 25.0 Å². The predicted molar refractivity (Wildman–Crippen MR) is 68.6 cm³/mol. The first kappa shape index (κ1) is 16.0. The third kappa shape index (κ3) is 5.23. The zero-order valence-electron chi connectivity index (χ0n) is 10.9. The molecule has 0 amide bonds. The Morgan fingerprint density at radius 2 is 1.68 bits per heavy atom. The summed E-state index contributed by atoms with van der Waals surface area (Å²) in [7, 11) is -3.69. The van der Waals surface area contributed by atoms with Gasteiger partial charge in [-0.15, -0.1) is 0 Å². The average molecular weight is 291 g/mol. The van der Waals surface area contributed by atoms with Gasteiger partial charge in [-0.2, -0.15) is 0 Å². The third-order valence-electron chi connectivity index (χ3n) is 2.27. The molecule has 0 unspecified atom stereocenters. The van der Waals surface area contributed by atoms with Crippen molar-refractivity contribution < 1.29 is 22.3 Å². The van der Waals surface area contributed by atoms with Crippen molar-refractivity contribution in [3.05, 3.63) is 30.1 Å². The van der Waals surface area contributed by atoms with E-state index in [1.54, 1.807) is 13.8 Å². The highest BCUT2D eigenvalue weighted by Gasteiger charge is 2.17. The van der Waals surface area contributed by atoms with E-state index in [2.05, 4.69) is 4.72 Å². The standard InChI is InChI=1S/C12H18FNO4S/c1-3-17-12(18-4-2)9-14-19(15,16)11-7-5-10(13)6-8-11/h5-8,12,14H,3-4,9H2,1-2H3. The Labute approximate surface area is 112 Å². The minimum absolute atomic E-state index is 0.000599. The van der Waals surface area contributed by atoms with Crippen LogP contribution in [0.1, 0.15) is 13.8 Å². The molecule has 7 heteroatoms. The molecule has 1 rings (SSSR count). The van der Waals surface area contributed by atoms with E-state index in [0.29, 0.717) is 13.2 Å². The summed E-state index contributed by atoms with van der Waals surface area (Å²) in [5.74, 6) is -0.486. The van der Waals surface area contributed by atoms with Crippen LogP contribution in [0.2, 0.25) is 0 Å². The van der Waals surface area contributed by atoms with E-state index in [1.165, 1.54) is 12.1 Å². The lowest BCUT2D eigenvalue weighted by Crippen LogP contribution is -2.35. The summed E-state index contributed by atoms with van der Waals surface area (Å²) < 4.78 is 49.4. The predicted octanol–water partition coefficient (Wildman–Crippen LogP) is 1.50. The van der Waals surface area contributed by atoms with Gasteiger partial charge in [0.05, 0.1) is 11.4 Å². The number of rotatable bonds is 8. The van der Waals surface area contributed by atoms with Crippen LogP contribution in [-0.4, -0.2) is 34.5 Å². The molecule has 0 atom stereocenters. The van der Waals surface area contributed by atoms with Crippen LogP contribution in [0.3, 0.4) is 0 Å². The minimum Gasteiger partial charge on any atom is -0.352 e. The highest BCUT2D eigenvalue weighted by Crippen LogP contribution is 2.09. The number of halogens is 1. The highest BCUT2D eigenvalue weighted by molar-refractivity contribution is 7.89. The smallest absolute Gasteiger partial charge is 0.240 e. The average Bonchev–Trinajstić information content (AvgIpc) is 2.37. The quantitative estimate of drug-likeness (QED) is 0.737. The molecule has 1 aromatic carbocycles. The van der Waals surface area contributed by atoms with Crippen LogP contribution in [0, 0.1) is 5.82 Å². The highest BCUT2D eigenvalue weighted by atomic mass is 32.2. The van der Waals surface area contributed by atoms with Crippen LogP contribution >= 0.6 is 0 Å². The largest absolute Gasteiger partial charge is 0.352 e. The second-order valence-electron chi connectivity index (χ2n) is 3.65. The van der Waals surface area contributed by atoms with Crippen LogP contribution in [0.5, 0.6) is 0 Å². The molecular weight excluding hydrogens is 273 g/mol. The van der Waals surface area contributed by atoms with Crippen LogP contribution in [0.4, 0.5) is 4.39 Å². The summed E-state index contributed by atoms with van der Waals surface area (Å²) in [6.07, 6.45) is -0.634. The Balaban J connectivity index is 2.66. The third-order valence-corrected chi connectivity index (χ3v) is 3.71. The van der Waals surface area contributed by atoms with Gasteiger partial charge in [-0.1, -0.05) is 0 Å². The second kappa shape index (κ2) is 7.54. The molecule has 0 bridgehead atoms. The van der Waals surface area contributed by atoms with Crippen molar-refractivity contribution in [1.82, 2.24) is 4.72 Å². The number of hydrogen-bond acceptors (Lipinski definition) is 4. The van der Waals surface area contributed by atoms with E-state index in [1.807, 2.05) is 0 Å². The van der Waals surface area contributed by atoms with Crippen molar-refractivity contribution in [3.8, 4) is 0 Å². The normalized spacial score (nSPS) is 12.0.